The molecule has 84 valence electrons. The molecule has 0 radical (unpaired) electrons. The van der Waals surface area contributed by atoms with E-state index < -0.39 is 0 Å². The Morgan fingerprint density at radius 1 is 1.21 bits per heavy atom. The highest BCUT2D eigenvalue weighted by Crippen LogP contribution is 2.24. The first-order valence-electron chi connectivity index (χ1n) is 5.66. The van der Waals surface area contributed by atoms with Gasteiger partial charge in [-0.05, 0) is 32.1 Å². The van der Waals surface area contributed by atoms with Crippen molar-refractivity contribution in [3.8, 4) is 0 Å². The third-order valence-electron chi connectivity index (χ3n) is 2.68. The zero-order valence-electron chi connectivity index (χ0n) is 9.08. The SMILES string of the molecule is CCOCCOCC1CCCC(O)C1. The Kier molecular flexibility index (Phi) is 6.15. The average molecular weight is 202 g/mol. The lowest BCUT2D eigenvalue weighted by molar-refractivity contribution is 0.0135. The molecule has 0 amide bonds. The number of hydrogen-bond acceptors (Lipinski definition) is 3. The monoisotopic (exact) mass is 202 g/mol. The maximum absolute atomic E-state index is 9.44. The molecule has 1 rings (SSSR count). The highest BCUT2D eigenvalue weighted by Gasteiger charge is 2.19. The van der Waals surface area contributed by atoms with Gasteiger partial charge in [-0.25, -0.2) is 0 Å². The predicted octanol–water partition coefficient (Wildman–Crippen LogP) is 1.59. The van der Waals surface area contributed by atoms with Crippen molar-refractivity contribution in [1.82, 2.24) is 0 Å². The first kappa shape index (κ1) is 12.0. The highest BCUT2D eigenvalue weighted by molar-refractivity contribution is 4.71. The molecule has 1 aliphatic rings. The largest absolute Gasteiger partial charge is 0.393 e. The van der Waals surface area contributed by atoms with E-state index in [1.54, 1.807) is 0 Å². The van der Waals surface area contributed by atoms with E-state index in [1.807, 2.05) is 6.92 Å². The van der Waals surface area contributed by atoms with Gasteiger partial charge in [0.1, 0.15) is 0 Å². The van der Waals surface area contributed by atoms with Gasteiger partial charge in [0.2, 0.25) is 0 Å². The maximum atomic E-state index is 9.44. The van der Waals surface area contributed by atoms with Gasteiger partial charge < -0.3 is 14.6 Å². The van der Waals surface area contributed by atoms with Gasteiger partial charge in [-0.3, -0.25) is 0 Å². The van der Waals surface area contributed by atoms with Gasteiger partial charge in [-0.2, -0.15) is 0 Å². The third kappa shape index (κ3) is 4.94. The van der Waals surface area contributed by atoms with E-state index in [1.165, 1.54) is 6.42 Å². The standard InChI is InChI=1S/C11H22O3/c1-2-13-6-7-14-9-10-4-3-5-11(12)8-10/h10-12H,2-9H2,1H3. The van der Waals surface area contributed by atoms with Crippen molar-refractivity contribution in [3.05, 3.63) is 0 Å². The molecular weight excluding hydrogens is 180 g/mol. The van der Waals surface area contributed by atoms with Gasteiger partial charge in [-0.15, -0.1) is 0 Å². The Morgan fingerprint density at radius 3 is 2.71 bits per heavy atom. The van der Waals surface area contributed by atoms with Crippen LogP contribution in [0.5, 0.6) is 0 Å². The molecule has 1 fully saturated rings. The van der Waals surface area contributed by atoms with Crippen LogP contribution in [0.1, 0.15) is 32.6 Å². The van der Waals surface area contributed by atoms with E-state index in [4.69, 9.17) is 9.47 Å². The third-order valence-corrected chi connectivity index (χ3v) is 2.68. The van der Waals surface area contributed by atoms with Crippen LogP contribution in [0.15, 0.2) is 0 Å². The molecular formula is C11H22O3. The van der Waals surface area contributed by atoms with E-state index in [9.17, 15) is 5.11 Å². The van der Waals surface area contributed by atoms with Gasteiger partial charge in [0.25, 0.3) is 0 Å². The summed E-state index contributed by atoms with van der Waals surface area (Å²) in [5.41, 5.74) is 0. The van der Waals surface area contributed by atoms with Crippen LogP contribution < -0.4 is 0 Å². The molecule has 0 spiro atoms. The molecule has 2 unspecified atom stereocenters. The first-order chi connectivity index (χ1) is 6.83. The minimum absolute atomic E-state index is 0.0933. The van der Waals surface area contributed by atoms with E-state index in [-0.39, 0.29) is 6.10 Å². The Morgan fingerprint density at radius 2 is 2.00 bits per heavy atom. The van der Waals surface area contributed by atoms with Crippen LogP contribution in [0.4, 0.5) is 0 Å². The van der Waals surface area contributed by atoms with E-state index in [0.29, 0.717) is 19.1 Å². The second kappa shape index (κ2) is 7.21. The Labute approximate surface area is 86.4 Å². The van der Waals surface area contributed by atoms with Crippen molar-refractivity contribution >= 4 is 0 Å². The molecule has 1 saturated carbocycles. The molecule has 3 heteroatoms. The number of ether oxygens (including phenoxy) is 2. The second-order valence-corrected chi connectivity index (χ2v) is 3.96. The highest BCUT2D eigenvalue weighted by atomic mass is 16.5. The fourth-order valence-corrected chi connectivity index (χ4v) is 1.93. The van der Waals surface area contributed by atoms with Gasteiger partial charge >= 0.3 is 0 Å². The van der Waals surface area contributed by atoms with Crippen LogP contribution in [0.25, 0.3) is 0 Å². The Bertz CT molecular complexity index is 138. The van der Waals surface area contributed by atoms with Gasteiger partial charge in [0.05, 0.1) is 19.3 Å². The number of aliphatic hydroxyl groups is 1. The van der Waals surface area contributed by atoms with Crippen molar-refractivity contribution in [3.63, 3.8) is 0 Å². The average Bonchev–Trinajstić information content (AvgIpc) is 2.18. The van der Waals surface area contributed by atoms with Crippen molar-refractivity contribution in [1.29, 1.82) is 0 Å². The molecule has 0 aromatic rings. The summed E-state index contributed by atoms with van der Waals surface area (Å²) in [4.78, 5) is 0. The normalized spacial score (nSPS) is 27.9. The Hall–Kier alpha value is -0.120. The molecule has 0 aliphatic heterocycles. The van der Waals surface area contributed by atoms with Gasteiger partial charge in [-0.1, -0.05) is 6.42 Å². The van der Waals surface area contributed by atoms with E-state index in [2.05, 4.69) is 0 Å². The number of hydrogen-bond donors (Lipinski definition) is 1. The van der Waals surface area contributed by atoms with Crippen molar-refractivity contribution in [2.24, 2.45) is 5.92 Å². The second-order valence-electron chi connectivity index (χ2n) is 3.96. The molecule has 14 heavy (non-hydrogen) atoms. The lowest BCUT2D eigenvalue weighted by atomic mass is 9.88. The van der Waals surface area contributed by atoms with E-state index >= 15 is 0 Å². The fraction of sp³-hybridized carbons (Fsp3) is 1.00. The van der Waals surface area contributed by atoms with Gasteiger partial charge in [0, 0.05) is 13.2 Å². The smallest absolute Gasteiger partial charge is 0.0700 e. The minimum atomic E-state index is -0.0933. The lowest BCUT2D eigenvalue weighted by Gasteiger charge is -2.25. The summed E-state index contributed by atoms with van der Waals surface area (Å²) in [5.74, 6) is 0.556. The first-order valence-corrected chi connectivity index (χ1v) is 5.66. The topological polar surface area (TPSA) is 38.7 Å². The molecule has 1 N–H and O–H groups in total. The lowest BCUT2D eigenvalue weighted by Crippen LogP contribution is -2.23. The van der Waals surface area contributed by atoms with Crippen LogP contribution in [-0.4, -0.2) is 37.6 Å². The fourth-order valence-electron chi connectivity index (χ4n) is 1.93. The summed E-state index contributed by atoms with van der Waals surface area (Å²) < 4.78 is 10.7. The summed E-state index contributed by atoms with van der Waals surface area (Å²) in [7, 11) is 0. The van der Waals surface area contributed by atoms with Crippen LogP contribution >= 0.6 is 0 Å². The summed E-state index contributed by atoms with van der Waals surface area (Å²) in [6.45, 7) is 4.89. The zero-order chi connectivity index (χ0) is 10.2. The zero-order valence-corrected chi connectivity index (χ0v) is 9.08. The van der Waals surface area contributed by atoms with Crippen molar-refractivity contribution in [2.45, 2.75) is 38.7 Å². The Balaban J connectivity index is 1.95. The van der Waals surface area contributed by atoms with Crippen LogP contribution in [0, 0.1) is 5.92 Å². The number of rotatable bonds is 6. The molecule has 0 aromatic carbocycles. The molecule has 1 aliphatic carbocycles. The summed E-state index contributed by atoms with van der Waals surface area (Å²) in [5, 5.41) is 9.44. The molecule has 0 heterocycles. The summed E-state index contributed by atoms with van der Waals surface area (Å²) in [6.07, 6.45) is 4.13. The van der Waals surface area contributed by atoms with E-state index in [0.717, 1.165) is 32.5 Å². The molecule has 0 aromatic heterocycles. The van der Waals surface area contributed by atoms with Crippen LogP contribution in [0.3, 0.4) is 0 Å². The molecule has 2 atom stereocenters. The summed E-state index contributed by atoms with van der Waals surface area (Å²) >= 11 is 0. The summed E-state index contributed by atoms with van der Waals surface area (Å²) in [6, 6.07) is 0. The maximum Gasteiger partial charge on any atom is 0.0700 e. The predicted molar refractivity (Wildman–Crippen MR) is 55.3 cm³/mol. The van der Waals surface area contributed by atoms with Crippen molar-refractivity contribution in [2.75, 3.05) is 26.4 Å². The van der Waals surface area contributed by atoms with Gasteiger partial charge in [0.15, 0.2) is 0 Å². The van der Waals surface area contributed by atoms with Crippen molar-refractivity contribution < 1.29 is 14.6 Å². The number of aliphatic hydroxyl groups excluding tert-OH is 1. The molecule has 0 saturated heterocycles. The molecule has 3 nitrogen and oxygen atoms in total. The quantitative estimate of drug-likeness (QED) is 0.665. The van der Waals surface area contributed by atoms with Crippen LogP contribution in [-0.2, 0) is 9.47 Å². The van der Waals surface area contributed by atoms with Crippen LogP contribution in [0.2, 0.25) is 0 Å². The molecule has 0 bridgehead atoms. The minimum Gasteiger partial charge on any atom is -0.393 e.